The fourth-order valence-electron chi connectivity index (χ4n) is 2.40. The molecule has 1 aromatic carbocycles. The molecule has 1 aromatic rings. The number of hydrogen-bond donors (Lipinski definition) is 1. The molecule has 0 spiro atoms. The van der Waals surface area contributed by atoms with Crippen molar-refractivity contribution in [2.75, 3.05) is 11.9 Å². The van der Waals surface area contributed by atoms with Crippen molar-refractivity contribution in [3.63, 3.8) is 0 Å². The summed E-state index contributed by atoms with van der Waals surface area (Å²) < 4.78 is 0. The van der Waals surface area contributed by atoms with Crippen LogP contribution in [0.2, 0.25) is 0 Å². The Bertz CT molecular complexity index is 405. The fraction of sp³-hybridized carbons (Fsp3) is 0.600. The Hall–Kier alpha value is -1.02. The van der Waals surface area contributed by atoms with Gasteiger partial charge in [-0.15, -0.1) is 0 Å². The molecule has 17 heavy (non-hydrogen) atoms. The zero-order valence-corrected chi connectivity index (χ0v) is 10.9. The first-order valence-corrected chi connectivity index (χ1v) is 6.80. The van der Waals surface area contributed by atoms with Gasteiger partial charge >= 0.3 is 0 Å². The summed E-state index contributed by atoms with van der Waals surface area (Å²) in [5.74, 6) is 0. The van der Waals surface area contributed by atoms with Crippen molar-refractivity contribution < 1.29 is 0 Å². The number of hydrogen-bond acceptors (Lipinski definition) is 2. The summed E-state index contributed by atoms with van der Waals surface area (Å²) in [7, 11) is 2.24. The van der Waals surface area contributed by atoms with Crippen LogP contribution in [0.3, 0.4) is 0 Å². The Balaban J connectivity index is 1.78. The van der Waals surface area contributed by atoms with Crippen LogP contribution in [0.4, 0.5) is 5.69 Å². The highest BCUT2D eigenvalue weighted by atomic mass is 15.2. The van der Waals surface area contributed by atoms with Gasteiger partial charge in [0.05, 0.1) is 0 Å². The van der Waals surface area contributed by atoms with Gasteiger partial charge in [0.2, 0.25) is 0 Å². The second kappa shape index (κ2) is 4.34. The topological polar surface area (TPSA) is 15.3 Å². The molecule has 0 aliphatic heterocycles. The lowest BCUT2D eigenvalue weighted by Crippen LogP contribution is -2.23. The van der Waals surface area contributed by atoms with E-state index in [-0.39, 0.29) is 0 Å². The Kier molecular flexibility index (Phi) is 2.83. The quantitative estimate of drug-likeness (QED) is 0.836. The molecule has 0 heterocycles. The molecule has 0 bridgehead atoms. The summed E-state index contributed by atoms with van der Waals surface area (Å²) in [5.41, 5.74) is 4.25. The second-order valence-corrected chi connectivity index (χ2v) is 5.63. The van der Waals surface area contributed by atoms with Crippen LogP contribution in [-0.2, 0) is 6.54 Å². The number of benzene rings is 1. The predicted octanol–water partition coefficient (Wildman–Crippen LogP) is 2.85. The van der Waals surface area contributed by atoms with Crippen molar-refractivity contribution in [3.05, 3.63) is 29.3 Å². The van der Waals surface area contributed by atoms with E-state index in [2.05, 4.69) is 42.4 Å². The van der Waals surface area contributed by atoms with Gasteiger partial charge in [-0.2, -0.15) is 0 Å². The highest BCUT2D eigenvalue weighted by Crippen LogP contribution is 2.33. The highest BCUT2D eigenvalue weighted by molar-refractivity contribution is 5.56. The maximum atomic E-state index is 3.63. The first kappa shape index (κ1) is 11.1. The first-order valence-electron chi connectivity index (χ1n) is 6.80. The van der Waals surface area contributed by atoms with Gasteiger partial charge in [-0.05, 0) is 44.2 Å². The van der Waals surface area contributed by atoms with Gasteiger partial charge in [-0.3, -0.25) is 0 Å². The molecule has 0 saturated heterocycles. The third-order valence-corrected chi connectivity index (χ3v) is 3.87. The minimum absolute atomic E-state index is 0.787. The molecule has 2 nitrogen and oxygen atoms in total. The standard InChI is InChI=1S/C15H22N2/c1-11-3-8-15(17(2)14-6-7-14)12(9-11)10-16-13-4-5-13/h3,8-9,13-14,16H,4-7,10H2,1-2H3. The van der Waals surface area contributed by atoms with Gasteiger partial charge in [-0.25, -0.2) is 0 Å². The van der Waals surface area contributed by atoms with Crippen LogP contribution in [0.15, 0.2) is 18.2 Å². The van der Waals surface area contributed by atoms with Crippen molar-refractivity contribution >= 4 is 5.69 Å². The molecule has 0 aromatic heterocycles. The summed E-state index contributed by atoms with van der Waals surface area (Å²) in [6, 6.07) is 8.43. The normalized spacial score (nSPS) is 19.4. The van der Waals surface area contributed by atoms with E-state index in [1.54, 1.807) is 0 Å². The van der Waals surface area contributed by atoms with E-state index >= 15 is 0 Å². The van der Waals surface area contributed by atoms with Crippen LogP contribution in [0.1, 0.15) is 36.8 Å². The summed E-state index contributed by atoms with van der Waals surface area (Å²) >= 11 is 0. The molecule has 1 N–H and O–H groups in total. The largest absolute Gasteiger partial charge is 0.371 e. The van der Waals surface area contributed by atoms with Crippen LogP contribution in [0.5, 0.6) is 0 Å². The Morgan fingerprint density at radius 3 is 2.65 bits per heavy atom. The van der Waals surface area contributed by atoms with Gasteiger partial charge in [0.1, 0.15) is 0 Å². The van der Waals surface area contributed by atoms with Crippen LogP contribution in [0, 0.1) is 6.92 Å². The van der Waals surface area contributed by atoms with Gasteiger partial charge < -0.3 is 10.2 Å². The molecule has 2 fully saturated rings. The number of nitrogens with one attached hydrogen (secondary N) is 1. The van der Waals surface area contributed by atoms with E-state index < -0.39 is 0 Å². The third-order valence-electron chi connectivity index (χ3n) is 3.87. The van der Waals surface area contributed by atoms with Gasteiger partial charge in [0, 0.05) is 31.4 Å². The molecule has 2 heteroatoms. The second-order valence-electron chi connectivity index (χ2n) is 5.63. The fourth-order valence-corrected chi connectivity index (χ4v) is 2.40. The number of anilines is 1. The molecule has 92 valence electrons. The molecular formula is C15H22N2. The van der Waals surface area contributed by atoms with E-state index in [1.165, 1.54) is 42.5 Å². The van der Waals surface area contributed by atoms with Crippen molar-refractivity contribution in [3.8, 4) is 0 Å². The van der Waals surface area contributed by atoms with E-state index in [9.17, 15) is 0 Å². The lowest BCUT2D eigenvalue weighted by molar-refractivity contribution is 0.685. The van der Waals surface area contributed by atoms with Crippen molar-refractivity contribution in [2.24, 2.45) is 0 Å². The number of rotatable bonds is 5. The summed E-state index contributed by atoms with van der Waals surface area (Å²) in [5, 5.41) is 3.63. The summed E-state index contributed by atoms with van der Waals surface area (Å²) in [6.45, 7) is 3.21. The van der Waals surface area contributed by atoms with Gasteiger partial charge in [0.25, 0.3) is 0 Å². The zero-order valence-electron chi connectivity index (χ0n) is 10.9. The summed E-state index contributed by atoms with van der Waals surface area (Å²) in [6.07, 6.45) is 5.44. The van der Waals surface area contributed by atoms with Gasteiger partial charge in [-0.1, -0.05) is 17.7 Å². The Morgan fingerprint density at radius 2 is 2.00 bits per heavy atom. The molecule has 2 aliphatic carbocycles. The average Bonchev–Trinajstić information content (AvgIpc) is 3.17. The van der Waals surface area contributed by atoms with Crippen LogP contribution in [-0.4, -0.2) is 19.1 Å². The van der Waals surface area contributed by atoms with E-state index in [0.717, 1.165) is 18.6 Å². The lowest BCUT2D eigenvalue weighted by atomic mass is 10.1. The molecule has 2 saturated carbocycles. The maximum Gasteiger partial charge on any atom is 0.0411 e. The number of nitrogens with zero attached hydrogens (tertiary/aromatic N) is 1. The van der Waals surface area contributed by atoms with E-state index in [4.69, 9.17) is 0 Å². The van der Waals surface area contributed by atoms with Crippen LogP contribution in [0.25, 0.3) is 0 Å². The number of aryl methyl sites for hydroxylation is 1. The Labute approximate surface area is 104 Å². The summed E-state index contributed by atoms with van der Waals surface area (Å²) in [4.78, 5) is 2.46. The first-order chi connectivity index (χ1) is 8.24. The SMILES string of the molecule is Cc1ccc(N(C)C2CC2)c(CNC2CC2)c1. The predicted molar refractivity (Wildman–Crippen MR) is 72.5 cm³/mol. The van der Waals surface area contributed by atoms with Crippen molar-refractivity contribution in [1.82, 2.24) is 5.32 Å². The van der Waals surface area contributed by atoms with Crippen LogP contribution >= 0.6 is 0 Å². The molecule has 2 aliphatic rings. The minimum atomic E-state index is 0.787. The van der Waals surface area contributed by atoms with Crippen molar-refractivity contribution in [1.29, 1.82) is 0 Å². The highest BCUT2D eigenvalue weighted by Gasteiger charge is 2.28. The minimum Gasteiger partial charge on any atom is -0.371 e. The van der Waals surface area contributed by atoms with E-state index in [0.29, 0.717) is 0 Å². The molecule has 0 radical (unpaired) electrons. The molecule has 0 atom stereocenters. The third kappa shape index (κ3) is 2.63. The molecule has 0 unspecified atom stereocenters. The maximum absolute atomic E-state index is 3.63. The van der Waals surface area contributed by atoms with Gasteiger partial charge in [0.15, 0.2) is 0 Å². The molecule has 0 amide bonds. The van der Waals surface area contributed by atoms with Crippen molar-refractivity contribution in [2.45, 2.75) is 51.2 Å². The molecule has 3 rings (SSSR count). The lowest BCUT2D eigenvalue weighted by Gasteiger charge is -2.23. The smallest absolute Gasteiger partial charge is 0.0411 e. The average molecular weight is 230 g/mol. The zero-order chi connectivity index (χ0) is 11.8. The monoisotopic (exact) mass is 230 g/mol. The Morgan fingerprint density at radius 1 is 1.24 bits per heavy atom. The van der Waals surface area contributed by atoms with Crippen LogP contribution < -0.4 is 10.2 Å². The molecular weight excluding hydrogens is 208 g/mol. The van der Waals surface area contributed by atoms with E-state index in [1.807, 2.05) is 0 Å².